The highest BCUT2D eigenvalue weighted by molar-refractivity contribution is 5.92. The second kappa shape index (κ2) is 17.6. The van der Waals surface area contributed by atoms with Crippen LogP contribution in [0, 0.1) is 11.8 Å². The first kappa shape index (κ1) is 31.4. The van der Waals surface area contributed by atoms with E-state index in [1.54, 1.807) is 48.5 Å². The van der Waals surface area contributed by atoms with Crippen LogP contribution in [0.3, 0.4) is 0 Å². The van der Waals surface area contributed by atoms with Crippen LogP contribution in [0.5, 0.6) is 11.5 Å². The SMILES string of the molecule is C=CCCCCC1CCC(OC(=O)c2ccc(OC(=O)c3ccc(OCCCCCC(C)CC)cc3)cc2)CC1. The lowest BCUT2D eigenvalue weighted by Crippen LogP contribution is -2.24. The van der Waals surface area contributed by atoms with Crippen molar-refractivity contribution >= 4 is 11.9 Å². The van der Waals surface area contributed by atoms with Crippen LogP contribution in [-0.2, 0) is 4.74 Å². The summed E-state index contributed by atoms with van der Waals surface area (Å²) in [6.45, 7) is 9.00. The molecule has 1 fully saturated rings. The molecular weight excluding hydrogens is 500 g/mol. The zero-order valence-electron chi connectivity index (χ0n) is 24.6. The predicted molar refractivity (Wildman–Crippen MR) is 161 cm³/mol. The van der Waals surface area contributed by atoms with Gasteiger partial charge in [-0.05, 0) is 105 Å². The molecule has 5 heteroatoms. The van der Waals surface area contributed by atoms with Crippen LogP contribution < -0.4 is 9.47 Å². The van der Waals surface area contributed by atoms with E-state index in [0.717, 1.165) is 56.1 Å². The lowest BCUT2D eigenvalue weighted by atomic mass is 9.84. The number of carbonyl (C=O) groups is 2. The van der Waals surface area contributed by atoms with Gasteiger partial charge in [0, 0.05) is 0 Å². The number of ether oxygens (including phenoxy) is 3. The zero-order chi connectivity index (χ0) is 28.6. The minimum atomic E-state index is -0.451. The number of unbranched alkanes of at least 4 members (excludes halogenated alkanes) is 4. The molecule has 1 aliphatic carbocycles. The van der Waals surface area contributed by atoms with Crippen molar-refractivity contribution in [3.05, 3.63) is 72.3 Å². The lowest BCUT2D eigenvalue weighted by Gasteiger charge is -2.28. The molecule has 1 atom stereocenters. The Bertz CT molecular complexity index is 1020. The van der Waals surface area contributed by atoms with Crippen LogP contribution in [0.2, 0.25) is 0 Å². The molecule has 0 spiro atoms. The summed E-state index contributed by atoms with van der Waals surface area (Å²) in [4.78, 5) is 25.2. The van der Waals surface area contributed by atoms with Gasteiger partial charge in [0.1, 0.15) is 17.6 Å². The van der Waals surface area contributed by atoms with Crippen molar-refractivity contribution in [2.75, 3.05) is 6.61 Å². The standard InChI is InChI=1S/C35H48O5/c1-4-6-7-10-13-28-14-20-32(21-15-28)39-35(37)30-18-24-33(25-19-30)40-34(36)29-16-22-31(23-17-29)38-26-11-8-9-12-27(3)5-2/h4,16-19,22-25,27-28,32H,1,5-15,20-21,26H2,2-3H3. The maximum Gasteiger partial charge on any atom is 0.343 e. The van der Waals surface area contributed by atoms with Crippen LogP contribution in [-0.4, -0.2) is 24.6 Å². The van der Waals surface area contributed by atoms with Crippen molar-refractivity contribution in [2.45, 2.75) is 103 Å². The average Bonchev–Trinajstić information content (AvgIpc) is 2.98. The molecule has 0 radical (unpaired) electrons. The van der Waals surface area contributed by atoms with Gasteiger partial charge in [-0.1, -0.05) is 58.4 Å². The van der Waals surface area contributed by atoms with Gasteiger partial charge in [-0.2, -0.15) is 0 Å². The largest absolute Gasteiger partial charge is 0.494 e. The number of hydrogen-bond acceptors (Lipinski definition) is 5. The molecule has 0 heterocycles. The highest BCUT2D eigenvalue weighted by atomic mass is 16.5. The summed E-state index contributed by atoms with van der Waals surface area (Å²) in [6, 6.07) is 13.6. The molecule has 0 saturated heterocycles. The van der Waals surface area contributed by atoms with E-state index in [0.29, 0.717) is 23.5 Å². The van der Waals surface area contributed by atoms with E-state index in [9.17, 15) is 9.59 Å². The Balaban J connectivity index is 1.36. The fourth-order valence-electron chi connectivity index (χ4n) is 5.16. The maximum atomic E-state index is 12.6. The summed E-state index contributed by atoms with van der Waals surface area (Å²) in [7, 11) is 0. The van der Waals surface area contributed by atoms with E-state index in [1.165, 1.54) is 44.9 Å². The molecule has 40 heavy (non-hydrogen) atoms. The lowest BCUT2D eigenvalue weighted by molar-refractivity contribution is 0.0161. The maximum absolute atomic E-state index is 12.6. The van der Waals surface area contributed by atoms with Gasteiger partial charge in [0.25, 0.3) is 0 Å². The van der Waals surface area contributed by atoms with E-state index in [1.807, 2.05) is 6.08 Å². The first-order valence-electron chi connectivity index (χ1n) is 15.4. The van der Waals surface area contributed by atoms with Crippen molar-refractivity contribution in [1.29, 1.82) is 0 Å². The third kappa shape index (κ3) is 11.2. The van der Waals surface area contributed by atoms with E-state index < -0.39 is 5.97 Å². The van der Waals surface area contributed by atoms with Gasteiger partial charge in [0.15, 0.2) is 0 Å². The van der Waals surface area contributed by atoms with Crippen molar-refractivity contribution in [3.8, 4) is 11.5 Å². The Morgan fingerprint density at radius 1 is 0.850 bits per heavy atom. The summed E-state index contributed by atoms with van der Waals surface area (Å²) >= 11 is 0. The third-order valence-corrected chi connectivity index (χ3v) is 8.04. The smallest absolute Gasteiger partial charge is 0.343 e. The fourth-order valence-corrected chi connectivity index (χ4v) is 5.16. The topological polar surface area (TPSA) is 61.8 Å². The molecule has 0 aliphatic heterocycles. The van der Waals surface area contributed by atoms with Gasteiger partial charge < -0.3 is 14.2 Å². The van der Waals surface area contributed by atoms with Crippen LogP contribution in [0.25, 0.3) is 0 Å². The molecule has 0 aromatic heterocycles. The molecule has 3 rings (SSSR count). The second-order valence-electron chi connectivity index (χ2n) is 11.3. The summed E-state index contributed by atoms with van der Waals surface area (Å²) < 4.78 is 17.1. The minimum Gasteiger partial charge on any atom is -0.494 e. The van der Waals surface area contributed by atoms with E-state index >= 15 is 0 Å². The fraction of sp³-hybridized carbons (Fsp3) is 0.543. The van der Waals surface area contributed by atoms with Gasteiger partial charge >= 0.3 is 11.9 Å². The summed E-state index contributed by atoms with van der Waals surface area (Å²) in [6.07, 6.45) is 16.8. The van der Waals surface area contributed by atoms with E-state index in [2.05, 4.69) is 20.4 Å². The number of hydrogen-bond donors (Lipinski definition) is 0. The van der Waals surface area contributed by atoms with Gasteiger partial charge in [-0.15, -0.1) is 6.58 Å². The molecule has 0 amide bonds. The Morgan fingerprint density at radius 2 is 1.50 bits per heavy atom. The van der Waals surface area contributed by atoms with Gasteiger partial charge in [-0.3, -0.25) is 0 Å². The number of carbonyl (C=O) groups excluding carboxylic acids is 2. The minimum absolute atomic E-state index is 0.0176. The first-order valence-corrected chi connectivity index (χ1v) is 15.4. The summed E-state index contributed by atoms with van der Waals surface area (Å²) in [5.74, 6) is 1.90. The second-order valence-corrected chi connectivity index (χ2v) is 11.3. The van der Waals surface area contributed by atoms with Gasteiger partial charge in [0.2, 0.25) is 0 Å². The molecule has 1 aliphatic rings. The van der Waals surface area contributed by atoms with Crippen LogP contribution >= 0.6 is 0 Å². The Kier molecular flexibility index (Phi) is 13.8. The highest BCUT2D eigenvalue weighted by Gasteiger charge is 2.24. The average molecular weight is 549 g/mol. The number of rotatable bonds is 17. The highest BCUT2D eigenvalue weighted by Crippen LogP contribution is 2.30. The van der Waals surface area contributed by atoms with Crippen LogP contribution in [0.1, 0.15) is 118 Å². The first-order chi connectivity index (χ1) is 19.5. The Morgan fingerprint density at radius 3 is 2.15 bits per heavy atom. The molecule has 0 bridgehead atoms. The van der Waals surface area contributed by atoms with Gasteiger partial charge in [0.05, 0.1) is 17.7 Å². The molecule has 218 valence electrons. The van der Waals surface area contributed by atoms with Crippen molar-refractivity contribution < 1.29 is 23.8 Å². The molecule has 1 unspecified atom stereocenters. The monoisotopic (exact) mass is 548 g/mol. The predicted octanol–water partition coefficient (Wildman–Crippen LogP) is 9.35. The molecule has 5 nitrogen and oxygen atoms in total. The van der Waals surface area contributed by atoms with Crippen LogP contribution in [0.15, 0.2) is 61.2 Å². The molecule has 2 aromatic carbocycles. The third-order valence-electron chi connectivity index (χ3n) is 8.04. The number of esters is 2. The molecule has 0 N–H and O–H groups in total. The van der Waals surface area contributed by atoms with Crippen molar-refractivity contribution in [2.24, 2.45) is 11.8 Å². The quantitative estimate of drug-likeness (QED) is 0.0853. The van der Waals surface area contributed by atoms with Gasteiger partial charge in [-0.25, -0.2) is 9.59 Å². The summed E-state index contributed by atoms with van der Waals surface area (Å²) in [5.41, 5.74) is 0.911. The number of benzene rings is 2. The normalized spacial score (nSPS) is 17.6. The molecule has 2 aromatic rings. The summed E-state index contributed by atoms with van der Waals surface area (Å²) in [5, 5.41) is 0. The Labute approximate surface area is 241 Å². The van der Waals surface area contributed by atoms with E-state index in [-0.39, 0.29) is 12.1 Å². The zero-order valence-corrected chi connectivity index (χ0v) is 24.6. The van der Waals surface area contributed by atoms with Crippen molar-refractivity contribution in [1.82, 2.24) is 0 Å². The van der Waals surface area contributed by atoms with Crippen LogP contribution in [0.4, 0.5) is 0 Å². The Hall–Kier alpha value is -3.08. The molecular formula is C35H48O5. The molecule has 1 saturated carbocycles. The van der Waals surface area contributed by atoms with Crippen molar-refractivity contribution in [3.63, 3.8) is 0 Å². The number of allylic oxidation sites excluding steroid dienone is 1. The van der Waals surface area contributed by atoms with E-state index in [4.69, 9.17) is 14.2 Å².